The molecule has 2 amide bonds. The van der Waals surface area contributed by atoms with E-state index < -0.39 is 0 Å². The Balaban J connectivity index is 1.37. The van der Waals surface area contributed by atoms with Gasteiger partial charge in [-0.05, 0) is 36.6 Å². The van der Waals surface area contributed by atoms with Crippen LogP contribution >= 0.6 is 0 Å². The van der Waals surface area contributed by atoms with Crippen LogP contribution in [0.1, 0.15) is 17.5 Å². The van der Waals surface area contributed by atoms with E-state index >= 15 is 0 Å². The third-order valence-corrected chi connectivity index (χ3v) is 5.72. The molecule has 29 heavy (non-hydrogen) atoms. The number of aromatic nitrogens is 2. The van der Waals surface area contributed by atoms with E-state index in [9.17, 15) is 14.0 Å². The number of halogens is 1. The van der Waals surface area contributed by atoms with Crippen LogP contribution in [0.25, 0.3) is 0 Å². The molecule has 1 aromatic heterocycles. The molecule has 0 radical (unpaired) electrons. The highest BCUT2D eigenvalue weighted by Gasteiger charge is 2.37. The molecule has 2 aromatic rings. The summed E-state index contributed by atoms with van der Waals surface area (Å²) < 4.78 is 14.8. The van der Waals surface area contributed by atoms with Gasteiger partial charge >= 0.3 is 0 Å². The molecule has 3 heterocycles. The van der Waals surface area contributed by atoms with Crippen molar-refractivity contribution >= 4 is 11.8 Å². The van der Waals surface area contributed by atoms with Gasteiger partial charge in [-0.15, -0.1) is 0 Å². The van der Waals surface area contributed by atoms with Crippen molar-refractivity contribution in [3.05, 3.63) is 53.6 Å². The Labute approximate surface area is 169 Å². The summed E-state index contributed by atoms with van der Waals surface area (Å²) in [6, 6.07) is 6.09. The maximum atomic E-state index is 13.1. The zero-order valence-electron chi connectivity index (χ0n) is 16.6. The first-order valence-corrected chi connectivity index (χ1v) is 10.0. The van der Waals surface area contributed by atoms with Gasteiger partial charge in [0.05, 0.1) is 12.2 Å². The molecular formula is C21H26FN5O2. The number of nitrogens with zero attached hydrogens (tertiary/aromatic N) is 5. The van der Waals surface area contributed by atoms with Crippen LogP contribution in [0, 0.1) is 12.7 Å². The van der Waals surface area contributed by atoms with Crippen LogP contribution in [0.3, 0.4) is 0 Å². The number of fused-ring (bicyclic) bond motifs is 1. The van der Waals surface area contributed by atoms with Crippen molar-refractivity contribution in [2.45, 2.75) is 32.5 Å². The van der Waals surface area contributed by atoms with Gasteiger partial charge in [-0.25, -0.2) is 4.39 Å². The Hall–Kier alpha value is -2.74. The van der Waals surface area contributed by atoms with E-state index in [-0.39, 0.29) is 30.2 Å². The Kier molecular flexibility index (Phi) is 5.62. The number of carbonyl (C=O) groups excluding carboxylic acids is 2. The summed E-state index contributed by atoms with van der Waals surface area (Å²) in [5.74, 6) is -0.148. The molecule has 2 aliphatic rings. The molecule has 2 fully saturated rings. The summed E-state index contributed by atoms with van der Waals surface area (Å²) in [5, 5.41) is 4.19. The molecule has 8 heteroatoms. The van der Waals surface area contributed by atoms with E-state index in [1.807, 2.05) is 22.9 Å². The van der Waals surface area contributed by atoms with Crippen LogP contribution in [0.5, 0.6) is 0 Å². The Morgan fingerprint density at radius 2 is 1.90 bits per heavy atom. The first-order valence-electron chi connectivity index (χ1n) is 10.0. The number of benzene rings is 1. The minimum absolute atomic E-state index is 0.0311. The number of aryl methyl sites for hydroxylation is 1. The Morgan fingerprint density at radius 3 is 2.62 bits per heavy atom. The third kappa shape index (κ3) is 4.48. The van der Waals surface area contributed by atoms with Crippen molar-refractivity contribution in [3.8, 4) is 0 Å². The van der Waals surface area contributed by atoms with Crippen LogP contribution in [0.2, 0.25) is 0 Å². The number of carbonyl (C=O) groups is 2. The molecule has 1 aromatic carbocycles. The highest BCUT2D eigenvalue weighted by atomic mass is 19.1. The summed E-state index contributed by atoms with van der Waals surface area (Å²) in [6.07, 6.45) is 4.23. The number of rotatable bonds is 4. The largest absolute Gasteiger partial charge is 0.340 e. The maximum absolute atomic E-state index is 13.1. The first kappa shape index (κ1) is 19.6. The second-order valence-corrected chi connectivity index (χ2v) is 7.82. The Morgan fingerprint density at radius 1 is 1.14 bits per heavy atom. The highest BCUT2D eigenvalue weighted by molar-refractivity contribution is 5.83. The van der Waals surface area contributed by atoms with Crippen molar-refractivity contribution in [3.63, 3.8) is 0 Å². The molecule has 0 spiro atoms. The average molecular weight is 399 g/mol. The third-order valence-electron chi connectivity index (χ3n) is 5.72. The molecule has 154 valence electrons. The van der Waals surface area contributed by atoms with Crippen molar-refractivity contribution in [2.75, 3.05) is 32.7 Å². The van der Waals surface area contributed by atoms with Crippen LogP contribution in [0.15, 0.2) is 36.7 Å². The fourth-order valence-corrected chi connectivity index (χ4v) is 4.10. The van der Waals surface area contributed by atoms with E-state index in [4.69, 9.17) is 0 Å². The molecule has 1 atom stereocenters. The normalized spacial score (nSPS) is 20.5. The van der Waals surface area contributed by atoms with Crippen molar-refractivity contribution in [1.29, 1.82) is 0 Å². The summed E-state index contributed by atoms with van der Waals surface area (Å²) in [6.45, 7) is 5.99. The highest BCUT2D eigenvalue weighted by Crippen LogP contribution is 2.20. The molecule has 2 saturated heterocycles. The molecule has 4 rings (SSSR count). The summed E-state index contributed by atoms with van der Waals surface area (Å²) in [4.78, 5) is 31.6. The van der Waals surface area contributed by atoms with Crippen molar-refractivity contribution in [1.82, 2.24) is 24.5 Å². The van der Waals surface area contributed by atoms with E-state index in [2.05, 4.69) is 10.00 Å². The van der Waals surface area contributed by atoms with Gasteiger partial charge in [-0.2, -0.15) is 5.10 Å². The number of hydrogen-bond acceptors (Lipinski definition) is 4. The second kappa shape index (κ2) is 8.32. The first-order chi connectivity index (χ1) is 14.0. The van der Waals surface area contributed by atoms with Gasteiger partial charge in [0.25, 0.3) is 0 Å². The average Bonchev–Trinajstić information content (AvgIpc) is 2.98. The lowest BCUT2D eigenvalue weighted by atomic mass is 10.1. The molecule has 0 saturated carbocycles. The van der Waals surface area contributed by atoms with Crippen LogP contribution in [0.4, 0.5) is 4.39 Å². The van der Waals surface area contributed by atoms with Gasteiger partial charge in [0.15, 0.2) is 0 Å². The predicted octanol–water partition coefficient (Wildman–Crippen LogP) is 1.28. The summed E-state index contributed by atoms with van der Waals surface area (Å²) in [7, 11) is 0. The predicted molar refractivity (Wildman–Crippen MR) is 105 cm³/mol. The van der Waals surface area contributed by atoms with Crippen LogP contribution < -0.4 is 0 Å². The zero-order valence-corrected chi connectivity index (χ0v) is 16.6. The van der Waals surface area contributed by atoms with E-state index in [0.717, 1.165) is 17.7 Å². The van der Waals surface area contributed by atoms with E-state index in [0.29, 0.717) is 39.1 Å². The molecule has 0 bridgehead atoms. The molecule has 2 aliphatic heterocycles. The van der Waals surface area contributed by atoms with Gasteiger partial charge < -0.3 is 9.80 Å². The zero-order chi connectivity index (χ0) is 20.4. The molecule has 7 nitrogen and oxygen atoms in total. The van der Waals surface area contributed by atoms with Gasteiger partial charge in [0.1, 0.15) is 12.4 Å². The minimum Gasteiger partial charge on any atom is -0.340 e. The van der Waals surface area contributed by atoms with Crippen molar-refractivity contribution in [2.24, 2.45) is 0 Å². The standard InChI is InChI=1S/C21H26FN5O2/c1-16-12-23-27(13-16)15-20(28)25-7-6-19-21(29)26(11-9-24(19)8-10-25)14-17-2-4-18(22)5-3-17/h2-5,12-13,19H,6-11,14-15H2,1H3. The van der Waals surface area contributed by atoms with Crippen molar-refractivity contribution < 1.29 is 14.0 Å². The van der Waals surface area contributed by atoms with Gasteiger partial charge in [-0.1, -0.05) is 12.1 Å². The van der Waals surface area contributed by atoms with E-state index in [1.165, 1.54) is 12.1 Å². The monoisotopic (exact) mass is 399 g/mol. The Bertz CT molecular complexity index is 881. The smallest absolute Gasteiger partial charge is 0.244 e. The number of amides is 2. The maximum Gasteiger partial charge on any atom is 0.244 e. The lowest BCUT2D eigenvalue weighted by Gasteiger charge is -2.39. The summed E-state index contributed by atoms with van der Waals surface area (Å²) >= 11 is 0. The fraction of sp³-hybridized carbons (Fsp3) is 0.476. The number of piperazine rings is 1. The molecular weight excluding hydrogens is 373 g/mol. The second-order valence-electron chi connectivity index (χ2n) is 7.82. The van der Waals surface area contributed by atoms with Crippen LogP contribution in [-0.2, 0) is 22.7 Å². The van der Waals surface area contributed by atoms with Crippen LogP contribution in [-0.4, -0.2) is 75.1 Å². The minimum atomic E-state index is -0.274. The quantitative estimate of drug-likeness (QED) is 0.777. The number of hydrogen-bond donors (Lipinski definition) is 0. The van der Waals surface area contributed by atoms with E-state index in [1.54, 1.807) is 23.0 Å². The van der Waals surface area contributed by atoms with Gasteiger partial charge in [0.2, 0.25) is 11.8 Å². The lowest BCUT2D eigenvalue weighted by molar-refractivity contribution is -0.142. The molecule has 0 aliphatic carbocycles. The molecule has 0 N–H and O–H groups in total. The summed E-state index contributed by atoms with van der Waals surface area (Å²) in [5.41, 5.74) is 1.95. The van der Waals surface area contributed by atoms with Gasteiger partial charge in [-0.3, -0.25) is 19.2 Å². The molecule has 1 unspecified atom stereocenters. The fourth-order valence-electron chi connectivity index (χ4n) is 4.10. The SMILES string of the molecule is Cc1cnn(CC(=O)N2CCC3C(=O)N(Cc4ccc(F)cc4)CCN3CC2)c1. The topological polar surface area (TPSA) is 61.7 Å². The van der Waals surface area contributed by atoms with Gasteiger partial charge in [0, 0.05) is 45.5 Å². The lowest BCUT2D eigenvalue weighted by Crippen LogP contribution is -2.56.